The molecule has 0 amide bonds. The van der Waals surface area contributed by atoms with Crippen LogP contribution in [0.5, 0.6) is 0 Å². The lowest BCUT2D eigenvalue weighted by atomic mass is 10.2. The summed E-state index contributed by atoms with van der Waals surface area (Å²) in [5.41, 5.74) is 1.23. The van der Waals surface area contributed by atoms with Crippen LogP contribution in [0.2, 0.25) is 5.02 Å². The highest BCUT2D eigenvalue weighted by molar-refractivity contribution is 7.99. The maximum absolute atomic E-state index is 5.87. The molecule has 1 aromatic rings. The Balaban J connectivity index is 2.89. The van der Waals surface area contributed by atoms with Gasteiger partial charge in [-0.15, -0.1) is 11.8 Å². The highest BCUT2D eigenvalue weighted by atomic mass is 35.5. The maximum atomic E-state index is 5.87. The average Bonchev–Trinajstić information content (AvgIpc) is 1.85. The second-order valence-corrected chi connectivity index (χ2v) is 4.17. The van der Waals surface area contributed by atoms with E-state index in [1.54, 1.807) is 0 Å². The Bertz CT molecular complexity index is 225. The Morgan fingerprint density at radius 1 is 1.36 bits per heavy atom. The fraction of sp³-hybridized carbons (Fsp3) is 0.333. The molecule has 0 unspecified atom stereocenters. The van der Waals surface area contributed by atoms with Gasteiger partial charge in [0, 0.05) is 9.92 Å². The summed E-state index contributed by atoms with van der Waals surface area (Å²) in [6, 6.07) is 6.13. The van der Waals surface area contributed by atoms with Crippen molar-refractivity contribution < 1.29 is 0 Å². The number of halogens is 1. The lowest BCUT2D eigenvalue weighted by molar-refractivity contribution is 1.35. The van der Waals surface area contributed by atoms with Gasteiger partial charge in [-0.25, -0.2) is 0 Å². The van der Waals surface area contributed by atoms with Crippen molar-refractivity contribution in [3.05, 3.63) is 28.8 Å². The second kappa shape index (κ2) is 4.03. The minimum atomic E-state index is 0.834. The van der Waals surface area contributed by atoms with Crippen molar-refractivity contribution >= 4 is 23.4 Å². The second-order valence-electron chi connectivity index (χ2n) is 2.40. The standard InChI is InChI=1S/C9H11ClS/c1-3-11-9-5-7(2)4-8(10)6-9/h4-6H,3H2,1-2H3. The topological polar surface area (TPSA) is 0 Å². The Hall–Kier alpha value is -0.140. The van der Waals surface area contributed by atoms with Gasteiger partial charge >= 0.3 is 0 Å². The quantitative estimate of drug-likeness (QED) is 0.634. The predicted octanol–water partition coefficient (Wildman–Crippen LogP) is 3.76. The molecule has 0 N–H and O–H groups in total. The Labute approximate surface area is 77.0 Å². The Morgan fingerprint density at radius 3 is 2.64 bits per heavy atom. The van der Waals surface area contributed by atoms with Crippen LogP contribution < -0.4 is 0 Å². The van der Waals surface area contributed by atoms with E-state index in [1.165, 1.54) is 10.5 Å². The Morgan fingerprint density at radius 2 is 2.09 bits per heavy atom. The van der Waals surface area contributed by atoms with E-state index in [2.05, 4.69) is 19.9 Å². The van der Waals surface area contributed by atoms with Crippen molar-refractivity contribution in [3.63, 3.8) is 0 Å². The number of hydrogen-bond donors (Lipinski definition) is 0. The molecule has 0 aliphatic rings. The first-order valence-corrected chi connectivity index (χ1v) is 4.98. The molecule has 0 nitrogen and oxygen atoms in total. The summed E-state index contributed by atoms with van der Waals surface area (Å²) in [4.78, 5) is 1.26. The monoisotopic (exact) mass is 186 g/mol. The van der Waals surface area contributed by atoms with E-state index in [4.69, 9.17) is 11.6 Å². The van der Waals surface area contributed by atoms with Crippen LogP contribution in [0.25, 0.3) is 0 Å². The van der Waals surface area contributed by atoms with Gasteiger partial charge in [0.05, 0.1) is 0 Å². The fourth-order valence-electron chi connectivity index (χ4n) is 0.953. The van der Waals surface area contributed by atoms with Crippen LogP contribution in [0, 0.1) is 6.92 Å². The number of aryl methyl sites for hydroxylation is 1. The summed E-state index contributed by atoms with van der Waals surface area (Å²) in [7, 11) is 0. The molecule has 0 atom stereocenters. The first-order chi connectivity index (χ1) is 5.22. The molecule has 0 saturated heterocycles. The molecule has 0 bridgehead atoms. The molecule has 0 heterocycles. The molecule has 60 valence electrons. The fourth-order valence-corrected chi connectivity index (χ4v) is 2.12. The largest absolute Gasteiger partial charge is 0.126 e. The smallest absolute Gasteiger partial charge is 0.0419 e. The number of benzene rings is 1. The lowest BCUT2D eigenvalue weighted by Crippen LogP contribution is -1.76. The highest BCUT2D eigenvalue weighted by Gasteiger charge is 1.95. The molecule has 0 spiro atoms. The SMILES string of the molecule is CCSc1cc(C)cc(Cl)c1. The van der Waals surface area contributed by atoms with Gasteiger partial charge in [-0.2, -0.15) is 0 Å². The third-order valence-electron chi connectivity index (χ3n) is 1.33. The van der Waals surface area contributed by atoms with E-state index in [0.717, 1.165) is 10.8 Å². The zero-order valence-electron chi connectivity index (χ0n) is 6.73. The van der Waals surface area contributed by atoms with E-state index in [0.29, 0.717) is 0 Å². The molecule has 11 heavy (non-hydrogen) atoms. The van der Waals surface area contributed by atoms with Crippen molar-refractivity contribution in [2.24, 2.45) is 0 Å². The molecule has 0 radical (unpaired) electrons. The van der Waals surface area contributed by atoms with Crippen LogP contribution in [0.15, 0.2) is 23.1 Å². The molecule has 0 saturated carbocycles. The van der Waals surface area contributed by atoms with Gasteiger partial charge in [0.2, 0.25) is 0 Å². The van der Waals surface area contributed by atoms with E-state index in [9.17, 15) is 0 Å². The zero-order chi connectivity index (χ0) is 8.27. The predicted molar refractivity (Wildman–Crippen MR) is 52.6 cm³/mol. The summed E-state index contributed by atoms with van der Waals surface area (Å²) in [6.07, 6.45) is 0. The van der Waals surface area contributed by atoms with Crippen LogP contribution in [-0.2, 0) is 0 Å². The Kier molecular flexibility index (Phi) is 3.28. The van der Waals surface area contributed by atoms with Crippen LogP contribution >= 0.6 is 23.4 Å². The van der Waals surface area contributed by atoms with E-state index >= 15 is 0 Å². The van der Waals surface area contributed by atoms with E-state index in [1.807, 2.05) is 23.9 Å². The third-order valence-corrected chi connectivity index (χ3v) is 2.40. The summed E-state index contributed by atoms with van der Waals surface area (Å²) in [6.45, 7) is 4.20. The minimum Gasteiger partial charge on any atom is -0.126 e. The summed E-state index contributed by atoms with van der Waals surface area (Å²) >= 11 is 7.69. The van der Waals surface area contributed by atoms with Gasteiger partial charge < -0.3 is 0 Å². The van der Waals surface area contributed by atoms with Crippen molar-refractivity contribution in [2.45, 2.75) is 18.7 Å². The van der Waals surface area contributed by atoms with Gasteiger partial charge in [-0.1, -0.05) is 18.5 Å². The zero-order valence-corrected chi connectivity index (χ0v) is 8.30. The molecule has 0 aliphatic carbocycles. The van der Waals surface area contributed by atoms with Crippen molar-refractivity contribution in [1.82, 2.24) is 0 Å². The lowest BCUT2D eigenvalue weighted by Gasteiger charge is -2.00. The van der Waals surface area contributed by atoms with Crippen molar-refractivity contribution in [1.29, 1.82) is 0 Å². The number of thioether (sulfide) groups is 1. The minimum absolute atomic E-state index is 0.834. The van der Waals surface area contributed by atoms with Crippen molar-refractivity contribution in [2.75, 3.05) is 5.75 Å². The van der Waals surface area contributed by atoms with Gasteiger partial charge in [0.1, 0.15) is 0 Å². The molecular weight excluding hydrogens is 176 g/mol. The molecule has 0 fully saturated rings. The third kappa shape index (κ3) is 2.76. The summed E-state index contributed by atoms with van der Waals surface area (Å²) < 4.78 is 0. The average molecular weight is 187 g/mol. The molecule has 2 heteroatoms. The maximum Gasteiger partial charge on any atom is 0.0419 e. The van der Waals surface area contributed by atoms with Crippen molar-refractivity contribution in [3.8, 4) is 0 Å². The highest BCUT2D eigenvalue weighted by Crippen LogP contribution is 2.23. The van der Waals surface area contributed by atoms with Crippen LogP contribution in [0.4, 0.5) is 0 Å². The summed E-state index contributed by atoms with van der Waals surface area (Å²) in [5, 5.41) is 0.834. The van der Waals surface area contributed by atoms with Crippen LogP contribution in [0.3, 0.4) is 0 Å². The van der Waals surface area contributed by atoms with Gasteiger partial charge in [-0.05, 0) is 36.4 Å². The first-order valence-electron chi connectivity index (χ1n) is 3.62. The van der Waals surface area contributed by atoms with E-state index < -0.39 is 0 Å². The summed E-state index contributed by atoms with van der Waals surface area (Å²) in [5.74, 6) is 1.10. The first kappa shape index (κ1) is 8.95. The van der Waals surface area contributed by atoms with E-state index in [-0.39, 0.29) is 0 Å². The van der Waals surface area contributed by atoms with Gasteiger partial charge in [-0.3, -0.25) is 0 Å². The van der Waals surface area contributed by atoms with Crippen LogP contribution in [-0.4, -0.2) is 5.75 Å². The molecule has 0 aliphatic heterocycles. The number of rotatable bonds is 2. The van der Waals surface area contributed by atoms with Gasteiger partial charge in [0.15, 0.2) is 0 Å². The molecule has 1 aromatic carbocycles. The normalized spacial score (nSPS) is 10.1. The van der Waals surface area contributed by atoms with Crippen LogP contribution in [0.1, 0.15) is 12.5 Å². The number of hydrogen-bond acceptors (Lipinski definition) is 1. The molecule has 0 aromatic heterocycles. The molecule has 1 rings (SSSR count). The molecular formula is C9H11ClS. The van der Waals surface area contributed by atoms with Gasteiger partial charge in [0.25, 0.3) is 0 Å².